The van der Waals surface area contributed by atoms with Crippen molar-refractivity contribution in [2.24, 2.45) is 0 Å². The third-order valence-electron chi connectivity index (χ3n) is 4.76. The average molecular weight is 427 g/mol. The van der Waals surface area contributed by atoms with Crippen LogP contribution in [0.1, 0.15) is 11.6 Å². The van der Waals surface area contributed by atoms with E-state index < -0.39 is 0 Å². The van der Waals surface area contributed by atoms with Gasteiger partial charge in [-0.1, -0.05) is 30.3 Å². The Bertz CT molecular complexity index is 753. The molecule has 1 amide bonds. The van der Waals surface area contributed by atoms with Gasteiger partial charge in [0.2, 0.25) is 5.91 Å². The highest BCUT2D eigenvalue weighted by Gasteiger charge is 2.29. The van der Waals surface area contributed by atoms with E-state index in [4.69, 9.17) is 10.5 Å². The van der Waals surface area contributed by atoms with Gasteiger partial charge in [0.1, 0.15) is 11.8 Å². The van der Waals surface area contributed by atoms with Crippen LogP contribution in [0.3, 0.4) is 0 Å². The second-order valence-electron chi connectivity index (χ2n) is 6.60. The maximum absolute atomic E-state index is 13.1. The molecule has 1 unspecified atom stereocenters. The van der Waals surface area contributed by atoms with Gasteiger partial charge in [-0.15, -0.1) is 24.8 Å². The molecule has 1 fully saturated rings. The molecule has 0 aliphatic carbocycles. The molecule has 2 aromatic rings. The van der Waals surface area contributed by atoms with Crippen molar-refractivity contribution in [3.8, 4) is 5.75 Å². The number of hydrogen-bond acceptors (Lipinski definition) is 5. The lowest BCUT2D eigenvalue weighted by atomic mass is 10.0. The van der Waals surface area contributed by atoms with Crippen LogP contribution < -0.4 is 15.8 Å². The van der Waals surface area contributed by atoms with Crippen LogP contribution in [-0.4, -0.2) is 56.0 Å². The molecule has 3 rings (SSSR count). The van der Waals surface area contributed by atoms with Crippen LogP contribution in [0.25, 0.3) is 0 Å². The van der Waals surface area contributed by atoms with E-state index in [9.17, 15) is 4.79 Å². The van der Waals surface area contributed by atoms with Crippen LogP contribution in [0.4, 0.5) is 11.4 Å². The number of ether oxygens (including phenoxy) is 1. The molecule has 8 heteroatoms. The summed E-state index contributed by atoms with van der Waals surface area (Å²) in [4.78, 5) is 17.6. The Hall–Kier alpha value is -1.99. The number of anilines is 2. The van der Waals surface area contributed by atoms with Crippen molar-refractivity contribution in [2.45, 2.75) is 6.04 Å². The molecule has 2 aromatic carbocycles. The molecule has 0 bridgehead atoms. The number of nitrogens with two attached hydrogens (primary N) is 1. The van der Waals surface area contributed by atoms with Crippen LogP contribution in [0.2, 0.25) is 0 Å². The first kappa shape index (κ1) is 24.0. The highest BCUT2D eigenvalue weighted by molar-refractivity contribution is 5.96. The SMILES string of the molecule is COc1ccc(NC(=O)C(c2ccccc2)N2CCN(C)CC2)cc1N.Cl.Cl. The van der Waals surface area contributed by atoms with E-state index >= 15 is 0 Å². The minimum atomic E-state index is -0.326. The average Bonchev–Trinajstić information content (AvgIpc) is 2.65. The van der Waals surface area contributed by atoms with Gasteiger partial charge in [-0.25, -0.2) is 0 Å². The number of methoxy groups -OCH3 is 1. The Morgan fingerprint density at radius 3 is 2.29 bits per heavy atom. The fourth-order valence-electron chi connectivity index (χ4n) is 3.27. The van der Waals surface area contributed by atoms with Crippen molar-refractivity contribution in [3.05, 3.63) is 54.1 Å². The van der Waals surface area contributed by atoms with E-state index in [0.29, 0.717) is 17.1 Å². The third-order valence-corrected chi connectivity index (χ3v) is 4.76. The molecule has 154 valence electrons. The summed E-state index contributed by atoms with van der Waals surface area (Å²) in [6.07, 6.45) is 0. The number of carbonyl (C=O) groups excluding carboxylic acids is 1. The summed E-state index contributed by atoms with van der Waals surface area (Å²) in [5.74, 6) is 0.548. The van der Waals surface area contributed by atoms with E-state index in [1.807, 2.05) is 30.3 Å². The number of carbonyl (C=O) groups is 1. The van der Waals surface area contributed by atoms with Gasteiger partial charge in [0.15, 0.2) is 0 Å². The number of nitrogen functional groups attached to an aromatic ring is 1. The number of nitrogens with one attached hydrogen (secondary N) is 1. The fourth-order valence-corrected chi connectivity index (χ4v) is 3.27. The number of benzene rings is 2. The molecular weight excluding hydrogens is 399 g/mol. The normalized spacial score (nSPS) is 15.6. The monoisotopic (exact) mass is 426 g/mol. The number of amides is 1. The minimum absolute atomic E-state index is 0. The van der Waals surface area contributed by atoms with Crippen LogP contribution in [0.15, 0.2) is 48.5 Å². The molecule has 0 spiro atoms. The fraction of sp³-hybridized carbons (Fsp3) is 0.350. The summed E-state index contributed by atoms with van der Waals surface area (Å²) in [5.41, 5.74) is 8.13. The smallest absolute Gasteiger partial charge is 0.246 e. The van der Waals surface area contributed by atoms with Crippen LogP contribution in [-0.2, 0) is 4.79 Å². The summed E-state index contributed by atoms with van der Waals surface area (Å²) in [7, 11) is 3.68. The van der Waals surface area contributed by atoms with Gasteiger partial charge < -0.3 is 20.7 Å². The van der Waals surface area contributed by atoms with E-state index in [2.05, 4.69) is 22.2 Å². The molecule has 0 saturated carbocycles. The molecule has 28 heavy (non-hydrogen) atoms. The number of likely N-dealkylation sites (N-methyl/N-ethyl adjacent to an activating group) is 1. The zero-order valence-corrected chi connectivity index (χ0v) is 17.8. The van der Waals surface area contributed by atoms with Gasteiger partial charge in [0, 0.05) is 31.9 Å². The molecular formula is C20H28Cl2N4O2. The summed E-state index contributed by atoms with van der Waals surface area (Å²) >= 11 is 0. The third kappa shape index (κ3) is 5.75. The number of hydrogen-bond donors (Lipinski definition) is 2. The van der Waals surface area contributed by atoms with Crippen molar-refractivity contribution >= 4 is 42.1 Å². The van der Waals surface area contributed by atoms with Gasteiger partial charge >= 0.3 is 0 Å². The van der Waals surface area contributed by atoms with Crippen molar-refractivity contribution in [3.63, 3.8) is 0 Å². The standard InChI is InChI=1S/C20H26N4O2.2ClH/c1-23-10-12-24(13-11-23)19(15-6-4-3-5-7-15)20(25)22-16-8-9-18(26-2)17(21)14-16;;/h3-9,14,19H,10-13,21H2,1-2H3,(H,22,25);2*1H. The molecule has 1 aliphatic heterocycles. The van der Waals surface area contributed by atoms with Crippen LogP contribution in [0, 0.1) is 0 Å². The minimum Gasteiger partial charge on any atom is -0.495 e. The summed E-state index contributed by atoms with van der Waals surface area (Å²) < 4.78 is 5.18. The first-order valence-electron chi connectivity index (χ1n) is 8.80. The van der Waals surface area contributed by atoms with E-state index in [-0.39, 0.29) is 36.8 Å². The highest BCUT2D eigenvalue weighted by atomic mass is 35.5. The molecule has 1 saturated heterocycles. The van der Waals surface area contributed by atoms with Crippen molar-refractivity contribution in [2.75, 3.05) is 51.4 Å². The van der Waals surface area contributed by atoms with Gasteiger partial charge in [0.05, 0.1) is 12.8 Å². The van der Waals surface area contributed by atoms with Crippen LogP contribution in [0.5, 0.6) is 5.75 Å². The van der Waals surface area contributed by atoms with Crippen molar-refractivity contribution in [1.29, 1.82) is 0 Å². The van der Waals surface area contributed by atoms with Crippen molar-refractivity contribution < 1.29 is 9.53 Å². The first-order chi connectivity index (χ1) is 12.6. The Labute approximate surface area is 178 Å². The number of nitrogens with zero attached hydrogens (tertiary/aromatic N) is 2. The predicted molar refractivity (Wildman–Crippen MR) is 119 cm³/mol. The molecule has 3 N–H and O–H groups in total. The second-order valence-corrected chi connectivity index (χ2v) is 6.60. The zero-order valence-electron chi connectivity index (χ0n) is 16.1. The Morgan fingerprint density at radius 2 is 1.71 bits per heavy atom. The van der Waals surface area contributed by atoms with Crippen LogP contribution >= 0.6 is 24.8 Å². The van der Waals surface area contributed by atoms with Gasteiger partial charge in [0.25, 0.3) is 0 Å². The first-order valence-corrected chi connectivity index (χ1v) is 8.80. The van der Waals surface area contributed by atoms with E-state index in [1.165, 1.54) is 0 Å². The van der Waals surface area contributed by atoms with Gasteiger partial charge in [-0.2, -0.15) is 0 Å². The molecule has 1 heterocycles. The second kappa shape index (κ2) is 11.1. The summed E-state index contributed by atoms with van der Waals surface area (Å²) in [6, 6.07) is 14.9. The molecule has 6 nitrogen and oxygen atoms in total. The van der Waals surface area contributed by atoms with Gasteiger partial charge in [-0.05, 0) is 30.8 Å². The largest absolute Gasteiger partial charge is 0.495 e. The summed E-state index contributed by atoms with van der Waals surface area (Å²) in [6.45, 7) is 3.61. The van der Waals surface area contributed by atoms with E-state index in [0.717, 1.165) is 31.7 Å². The molecule has 1 aliphatic rings. The predicted octanol–water partition coefficient (Wildman–Crippen LogP) is 3.05. The number of piperazine rings is 1. The highest BCUT2D eigenvalue weighted by Crippen LogP contribution is 2.27. The zero-order chi connectivity index (χ0) is 18.5. The molecule has 0 aromatic heterocycles. The number of rotatable bonds is 5. The van der Waals surface area contributed by atoms with E-state index in [1.54, 1.807) is 25.3 Å². The maximum Gasteiger partial charge on any atom is 0.246 e. The van der Waals surface area contributed by atoms with Crippen molar-refractivity contribution in [1.82, 2.24) is 9.80 Å². The lowest BCUT2D eigenvalue weighted by Crippen LogP contribution is -2.48. The molecule has 1 atom stereocenters. The Morgan fingerprint density at radius 1 is 1.07 bits per heavy atom. The lowest BCUT2D eigenvalue weighted by Gasteiger charge is -2.37. The quantitative estimate of drug-likeness (QED) is 0.718. The number of halogens is 2. The lowest BCUT2D eigenvalue weighted by molar-refractivity contribution is -0.122. The molecule has 0 radical (unpaired) electrons. The Balaban J connectivity index is 0.00000196. The Kier molecular flexibility index (Phi) is 9.55. The maximum atomic E-state index is 13.1. The summed E-state index contributed by atoms with van der Waals surface area (Å²) in [5, 5.41) is 3.01. The van der Waals surface area contributed by atoms with Gasteiger partial charge in [-0.3, -0.25) is 9.69 Å². The topological polar surface area (TPSA) is 70.8 Å².